The lowest BCUT2D eigenvalue weighted by Gasteiger charge is -2.26. The second kappa shape index (κ2) is 10.4. The minimum absolute atomic E-state index is 0.318. The van der Waals surface area contributed by atoms with Crippen LogP contribution in [0.1, 0.15) is 16.7 Å². The van der Waals surface area contributed by atoms with Gasteiger partial charge in [-0.25, -0.2) is 4.90 Å². The Kier molecular flexibility index (Phi) is 7.66. The van der Waals surface area contributed by atoms with Gasteiger partial charge in [0.25, 0.3) is 11.8 Å². The molecule has 3 rings (SSSR count). The molecular weight excluding hydrogens is 408 g/mol. The highest BCUT2D eigenvalue weighted by Gasteiger charge is 2.43. The van der Waals surface area contributed by atoms with Crippen molar-refractivity contribution in [1.29, 1.82) is 0 Å². The maximum Gasteiger partial charge on any atom is 0.282 e. The Morgan fingerprint density at radius 3 is 2.00 bits per heavy atom. The number of benzene rings is 2. The summed E-state index contributed by atoms with van der Waals surface area (Å²) in [6.07, 6.45) is 0. The summed E-state index contributed by atoms with van der Waals surface area (Å²) in [5.41, 5.74) is 3.73. The van der Waals surface area contributed by atoms with Crippen molar-refractivity contribution in [3.63, 3.8) is 0 Å². The average Bonchev–Trinajstić information content (AvgIpc) is 3.03. The normalized spacial score (nSPS) is 13.8. The van der Waals surface area contributed by atoms with Crippen molar-refractivity contribution in [2.75, 3.05) is 52.5 Å². The van der Waals surface area contributed by atoms with Gasteiger partial charge in [0.1, 0.15) is 11.4 Å². The molecule has 1 aliphatic rings. The Bertz CT molecular complexity index is 1000. The van der Waals surface area contributed by atoms with Crippen molar-refractivity contribution in [1.82, 2.24) is 4.90 Å². The molecule has 2 aromatic carbocycles. The van der Waals surface area contributed by atoms with E-state index in [1.54, 1.807) is 33.5 Å². The fourth-order valence-electron chi connectivity index (χ4n) is 3.96. The van der Waals surface area contributed by atoms with Gasteiger partial charge in [0.05, 0.1) is 31.6 Å². The van der Waals surface area contributed by atoms with E-state index in [1.807, 2.05) is 49.1 Å². The first-order valence-corrected chi connectivity index (χ1v) is 10.5. The lowest BCUT2D eigenvalue weighted by Crippen LogP contribution is -2.37. The van der Waals surface area contributed by atoms with Gasteiger partial charge in [-0.15, -0.1) is 0 Å². The summed E-state index contributed by atoms with van der Waals surface area (Å²) < 4.78 is 16.1. The molecule has 7 heteroatoms. The number of aryl methyl sites for hydroxylation is 2. The van der Waals surface area contributed by atoms with E-state index in [-0.39, 0.29) is 11.8 Å². The summed E-state index contributed by atoms with van der Waals surface area (Å²) in [6.45, 7) is 5.57. The van der Waals surface area contributed by atoms with Crippen molar-refractivity contribution in [2.45, 2.75) is 13.8 Å². The molecular formula is C25H30N2O5. The number of anilines is 1. The van der Waals surface area contributed by atoms with Crippen LogP contribution in [-0.4, -0.2) is 64.3 Å². The van der Waals surface area contributed by atoms with Crippen LogP contribution in [0.15, 0.2) is 48.2 Å². The molecule has 0 atom stereocenters. The molecule has 0 N–H and O–H groups in total. The van der Waals surface area contributed by atoms with Crippen LogP contribution in [-0.2, 0) is 19.1 Å². The zero-order valence-corrected chi connectivity index (χ0v) is 19.3. The summed E-state index contributed by atoms with van der Waals surface area (Å²) in [6, 6.07) is 12.9. The maximum atomic E-state index is 13.8. The third-order valence-corrected chi connectivity index (χ3v) is 5.35. The number of carbonyl (C=O) groups is 2. The molecule has 0 fully saturated rings. The number of carbonyl (C=O) groups excluding carboxylic acids is 2. The van der Waals surface area contributed by atoms with E-state index in [9.17, 15) is 9.59 Å². The van der Waals surface area contributed by atoms with Gasteiger partial charge in [-0.1, -0.05) is 24.3 Å². The van der Waals surface area contributed by atoms with E-state index in [1.165, 1.54) is 4.90 Å². The number of rotatable bonds is 10. The summed E-state index contributed by atoms with van der Waals surface area (Å²) >= 11 is 0. The van der Waals surface area contributed by atoms with Gasteiger partial charge in [-0.3, -0.25) is 9.59 Å². The van der Waals surface area contributed by atoms with Gasteiger partial charge in [0.15, 0.2) is 0 Å². The first-order valence-electron chi connectivity index (χ1n) is 10.5. The van der Waals surface area contributed by atoms with Crippen molar-refractivity contribution in [2.24, 2.45) is 0 Å². The highest BCUT2D eigenvalue weighted by molar-refractivity contribution is 6.45. The molecule has 0 spiro atoms. The van der Waals surface area contributed by atoms with Crippen LogP contribution in [0, 0.1) is 13.8 Å². The fourth-order valence-corrected chi connectivity index (χ4v) is 3.96. The SMILES string of the molecule is COCCN(CCOC)C1=C(c2ccccc2OC)C(=O)N(c2cc(C)cc(C)c2)C1=O. The lowest BCUT2D eigenvalue weighted by atomic mass is 10.0. The van der Waals surface area contributed by atoms with Crippen LogP contribution < -0.4 is 9.64 Å². The highest BCUT2D eigenvalue weighted by Crippen LogP contribution is 2.38. The average molecular weight is 439 g/mol. The monoisotopic (exact) mass is 438 g/mol. The Morgan fingerprint density at radius 1 is 0.844 bits per heavy atom. The Balaban J connectivity index is 2.20. The third kappa shape index (κ3) is 4.69. The van der Waals surface area contributed by atoms with Crippen LogP contribution in [0.4, 0.5) is 5.69 Å². The van der Waals surface area contributed by atoms with E-state index in [4.69, 9.17) is 14.2 Å². The van der Waals surface area contributed by atoms with E-state index < -0.39 is 0 Å². The van der Waals surface area contributed by atoms with Crippen molar-refractivity contribution < 1.29 is 23.8 Å². The summed E-state index contributed by atoms with van der Waals surface area (Å²) in [7, 11) is 4.76. The number of nitrogens with zero attached hydrogens (tertiary/aromatic N) is 2. The number of hydrogen-bond donors (Lipinski definition) is 0. The van der Waals surface area contributed by atoms with Gasteiger partial charge in [0, 0.05) is 32.9 Å². The van der Waals surface area contributed by atoms with Crippen molar-refractivity contribution in [3.05, 3.63) is 64.9 Å². The molecule has 170 valence electrons. The summed E-state index contributed by atoms with van der Waals surface area (Å²) in [5, 5.41) is 0. The minimum Gasteiger partial charge on any atom is -0.496 e. The summed E-state index contributed by atoms with van der Waals surface area (Å²) in [5.74, 6) is -0.214. The van der Waals surface area contributed by atoms with Crippen LogP contribution in [0.25, 0.3) is 5.57 Å². The molecule has 0 radical (unpaired) electrons. The predicted molar refractivity (Wildman–Crippen MR) is 124 cm³/mol. The first kappa shape index (κ1) is 23.5. The molecule has 32 heavy (non-hydrogen) atoms. The van der Waals surface area contributed by atoms with Gasteiger partial charge in [-0.2, -0.15) is 0 Å². The fraction of sp³-hybridized carbons (Fsp3) is 0.360. The number of amides is 2. The Labute approximate surface area is 189 Å². The van der Waals surface area contributed by atoms with E-state index in [2.05, 4.69) is 0 Å². The maximum absolute atomic E-state index is 13.8. The molecule has 1 heterocycles. The predicted octanol–water partition coefficient (Wildman–Crippen LogP) is 3.19. The quantitative estimate of drug-likeness (QED) is 0.531. The number of hydrogen-bond acceptors (Lipinski definition) is 6. The van der Waals surface area contributed by atoms with Crippen molar-refractivity contribution >= 4 is 23.1 Å². The second-order valence-corrected chi connectivity index (χ2v) is 7.69. The molecule has 2 amide bonds. The molecule has 0 saturated carbocycles. The van der Waals surface area contributed by atoms with Gasteiger partial charge < -0.3 is 19.1 Å². The molecule has 0 saturated heterocycles. The summed E-state index contributed by atoms with van der Waals surface area (Å²) in [4.78, 5) is 30.7. The Morgan fingerprint density at radius 2 is 1.44 bits per heavy atom. The topological polar surface area (TPSA) is 68.3 Å². The molecule has 0 bridgehead atoms. The van der Waals surface area contributed by atoms with Gasteiger partial charge >= 0.3 is 0 Å². The molecule has 0 aromatic heterocycles. The second-order valence-electron chi connectivity index (χ2n) is 7.69. The number of ether oxygens (including phenoxy) is 3. The molecule has 0 aliphatic carbocycles. The van der Waals surface area contributed by atoms with Crippen LogP contribution in [0.3, 0.4) is 0 Å². The van der Waals surface area contributed by atoms with E-state index in [0.717, 1.165) is 11.1 Å². The zero-order valence-electron chi connectivity index (χ0n) is 19.3. The molecule has 2 aromatic rings. The van der Waals surface area contributed by atoms with E-state index >= 15 is 0 Å². The van der Waals surface area contributed by atoms with Crippen LogP contribution in [0.5, 0.6) is 5.75 Å². The zero-order chi connectivity index (χ0) is 23.3. The number of imide groups is 1. The Hall–Kier alpha value is -3.16. The van der Waals surface area contributed by atoms with E-state index in [0.29, 0.717) is 54.6 Å². The molecule has 7 nitrogen and oxygen atoms in total. The minimum atomic E-state index is -0.376. The highest BCUT2D eigenvalue weighted by atomic mass is 16.5. The molecule has 1 aliphatic heterocycles. The molecule has 0 unspecified atom stereocenters. The third-order valence-electron chi connectivity index (χ3n) is 5.35. The number of para-hydroxylation sites is 1. The van der Waals surface area contributed by atoms with Gasteiger partial charge in [0.2, 0.25) is 0 Å². The van der Waals surface area contributed by atoms with Crippen LogP contribution >= 0.6 is 0 Å². The largest absolute Gasteiger partial charge is 0.496 e. The first-order chi connectivity index (χ1) is 15.4. The van der Waals surface area contributed by atoms with Crippen LogP contribution in [0.2, 0.25) is 0 Å². The smallest absolute Gasteiger partial charge is 0.282 e. The lowest BCUT2D eigenvalue weighted by molar-refractivity contribution is -0.120. The van der Waals surface area contributed by atoms with Crippen molar-refractivity contribution in [3.8, 4) is 5.75 Å². The number of methoxy groups -OCH3 is 3. The standard InChI is InChI=1S/C25H30N2O5/c1-17-14-18(2)16-19(15-17)27-24(28)22(20-8-6-7-9-21(20)32-5)23(25(27)29)26(10-12-30-3)11-13-31-4/h6-9,14-16H,10-13H2,1-5H3. The van der Waals surface area contributed by atoms with Gasteiger partial charge in [-0.05, 0) is 43.2 Å².